The van der Waals surface area contributed by atoms with Crippen LogP contribution in [0, 0.1) is 5.92 Å². The van der Waals surface area contributed by atoms with E-state index in [4.69, 9.17) is 10.3 Å². The lowest BCUT2D eigenvalue weighted by Crippen LogP contribution is -2.31. The fourth-order valence-electron chi connectivity index (χ4n) is 3.27. The third kappa shape index (κ3) is 3.09. The standard InChI is InChI=1S/C21H22N6O/c1-13(2)21(3,19-26-18(28-27-19)17-5-4-10-23-17)16-8-6-14(7-9-16)15-11-24-20(22)25-12-15/h5-13H,4H2,1-3H3,(H2,22,24,25). The molecule has 0 saturated heterocycles. The first kappa shape index (κ1) is 18.0. The van der Waals surface area contributed by atoms with E-state index in [1.54, 1.807) is 12.4 Å². The van der Waals surface area contributed by atoms with Gasteiger partial charge in [-0.1, -0.05) is 43.3 Å². The number of rotatable bonds is 5. The van der Waals surface area contributed by atoms with Crippen molar-refractivity contribution in [3.8, 4) is 11.1 Å². The van der Waals surface area contributed by atoms with Crippen LogP contribution < -0.4 is 5.73 Å². The highest BCUT2D eigenvalue weighted by Gasteiger charge is 2.37. The van der Waals surface area contributed by atoms with Gasteiger partial charge in [0.2, 0.25) is 5.95 Å². The Bertz CT molecular complexity index is 1030. The van der Waals surface area contributed by atoms with Crippen LogP contribution >= 0.6 is 0 Å². The highest BCUT2D eigenvalue weighted by molar-refractivity contribution is 5.78. The number of nitrogens with zero attached hydrogens (tertiary/aromatic N) is 5. The van der Waals surface area contributed by atoms with Gasteiger partial charge in [-0.2, -0.15) is 4.98 Å². The molecule has 2 aromatic heterocycles. The summed E-state index contributed by atoms with van der Waals surface area (Å²) >= 11 is 0. The highest BCUT2D eigenvalue weighted by Crippen LogP contribution is 2.38. The number of aliphatic imine (C=N–C) groups is 1. The summed E-state index contributed by atoms with van der Waals surface area (Å²) in [7, 11) is 0. The Kier molecular flexibility index (Phi) is 4.50. The fourth-order valence-corrected chi connectivity index (χ4v) is 3.27. The van der Waals surface area contributed by atoms with E-state index in [0.717, 1.165) is 28.8 Å². The van der Waals surface area contributed by atoms with E-state index >= 15 is 0 Å². The van der Waals surface area contributed by atoms with Gasteiger partial charge in [-0.05, 0) is 30.0 Å². The van der Waals surface area contributed by atoms with Crippen molar-refractivity contribution in [1.82, 2.24) is 20.1 Å². The van der Waals surface area contributed by atoms with E-state index in [1.165, 1.54) is 0 Å². The van der Waals surface area contributed by atoms with Crippen molar-refractivity contribution in [3.05, 3.63) is 60.0 Å². The molecule has 7 nitrogen and oxygen atoms in total. The number of hydrogen-bond acceptors (Lipinski definition) is 7. The zero-order valence-corrected chi connectivity index (χ0v) is 16.1. The first-order valence-electron chi connectivity index (χ1n) is 9.24. The summed E-state index contributed by atoms with van der Waals surface area (Å²) in [5, 5.41) is 4.29. The average Bonchev–Trinajstić information content (AvgIpc) is 3.40. The lowest BCUT2D eigenvalue weighted by molar-refractivity contribution is 0.345. The lowest BCUT2D eigenvalue weighted by Gasteiger charge is -2.31. The summed E-state index contributed by atoms with van der Waals surface area (Å²) in [6, 6.07) is 8.29. The number of allylic oxidation sites excluding steroid dienone is 1. The first-order valence-corrected chi connectivity index (χ1v) is 9.24. The minimum absolute atomic E-state index is 0.254. The van der Waals surface area contributed by atoms with E-state index in [9.17, 15) is 0 Å². The maximum Gasteiger partial charge on any atom is 0.276 e. The van der Waals surface area contributed by atoms with Gasteiger partial charge < -0.3 is 10.3 Å². The zero-order chi connectivity index (χ0) is 19.7. The van der Waals surface area contributed by atoms with Gasteiger partial charge >= 0.3 is 0 Å². The Hall–Kier alpha value is -3.35. The van der Waals surface area contributed by atoms with Crippen molar-refractivity contribution in [3.63, 3.8) is 0 Å². The van der Waals surface area contributed by atoms with E-state index in [2.05, 4.69) is 70.1 Å². The molecule has 4 rings (SSSR count). The van der Waals surface area contributed by atoms with Crippen LogP contribution in [-0.2, 0) is 5.41 Å². The molecule has 1 atom stereocenters. The third-order valence-corrected chi connectivity index (χ3v) is 5.40. The minimum Gasteiger partial charge on any atom is -0.368 e. The molecule has 7 heteroatoms. The number of nitrogens with two attached hydrogens (primary N) is 1. The second-order valence-corrected chi connectivity index (χ2v) is 7.32. The fraction of sp³-hybridized carbons (Fsp3) is 0.286. The molecule has 0 radical (unpaired) electrons. The second kappa shape index (κ2) is 6.99. The average molecular weight is 374 g/mol. The summed E-state index contributed by atoms with van der Waals surface area (Å²) in [5.41, 5.74) is 8.96. The number of hydrogen-bond donors (Lipinski definition) is 1. The number of anilines is 1. The molecule has 1 aliphatic rings. The number of aromatic nitrogens is 4. The van der Waals surface area contributed by atoms with Crippen molar-refractivity contribution in [2.24, 2.45) is 10.9 Å². The highest BCUT2D eigenvalue weighted by atomic mass is 16.5. The molecule has 142 valence electrons. The molecule has 1 aromatic carbocycles. The van der Waals surface area contributed by atoms with Crippen LogP contribution in [0.2, 0.25) is 0 Å². The maximum absolute atomic E-state index is 5.57. The van der Waals surface area contributed by atoms with Gasteiger partial charge in [0.25, 0.3) is 5.89 Å². The quantitative estimate of drug-likeness (QED) is 0.727. The van der Waals surface area contributed by atoms with E-state index in [-0.39, 0.29) is 11.9 Å². The summed E-state index contributed by atoms with van der Waals surface area (Å²) in [4.78, 5) is 17.1. The van der Waals surface area contributed by atoms with E-state index in [0.29, 0.717) is 11.7 Å². The van der Waals surface area contributed by atoms with Crippen LogP contribution in [0.3, 0.4) is 0 Å². The lowest BCUT2D eigenvalue weighted by atomic mass is 9.72. The van der Waals surface area contributed by atoms with E-state index < -0.39 is 5.41 Å². The molecule has 3 heterocycles. The van der Waals surface area contributed by atoms with Crippen molar-refractivity contribution in [2.45, 2.75) is 32.6 Å². The molecule has 0 spiro atoms. The normalized spacial score (nSPS) is 15.6. The van der Waals surface area contributed by atoms with Crippen LogP contribution in [0.15, 0.2) is 52.3 Å². The molecule has 28 heavy (non-hydrogen) atoms. The van der Waals surface area contributed by atoms with Crippen LogP contribution in [0.25, 0.3) is 16.8 Å². The molecule has 2 N–H and O–H groups in total. The molecule has 0 bridgehead atoms. The van der Waals surface area contributed by atoms with Gasteiger partial charge in [0.05, 0.1) is 5.41 Å². The summed E-state index contributed by atoms with van der Waals surface area (Å²) in [5.74, 6) is 1.64. The minimum atomic E-state index is -0.402. The number of nitrogen functional groups attached to an aromatic ring is 1. The smallest absolute Gasteiger partial charge is 0.276 e. The first-order chi connectivity index (χ1) is 13.5. The van der Waals surface area contributed by atoms with Crippen LogP contribution in [0.4, 0.5) is 5.95 Å². The topological polar surface area (TPSA) is 103 Å². The molecule has 1 aliphatic heterocycles. The second-order valence-electron chi connectivity index (χ2n) is 7.32. The van der Waals surface area contributed by atoms with Gasteiger partial charge in [-0.15, -0.1) is 0 Å². The molecule has 0 fully saturated rings. The Morgan fingerprint density at radius 3 is 2.39 bits per heavy atom. The van der Waals surface area contributed by atoms with Crippen LogP contribution in [0.1, 0.15) is 44.5 Å². The van der Waals surface area contributed by atoms with Crippen molar-refractivity contribution < 1.29 is 4.52 Å². The van der Waals surface area contributed by atoms with Gasteiger partial charge in [-0.25, -0.2) is 9.97 Å². The van der Waals surface area contributed by atoms with Crippen LogP contribution in [0.5, 0.6) is 0 Å². The Morgan fingerprint density at radius 1 is 1.07 bits per heavy atom. The molecule has 0 saturated carbocycles. The van der Waals surface area contributed by atoms with Gasteiger partial charge in [0.1, 0.15) is 5.70 Å². The van der Waals surface area contributed by atoms with Crippen molar-refractivity contribution in [2.75, 3.05) is 5.73 Å². The molecule has 0 amide bonds. The molecular formula is C21H22N6O. The number of benzene rings is 1. The molecular weight excluding hydrogens is 352 g/mol. The van der Waals surface area contributed by atoms with Gasteiger partial charge in [-0.3, -0.25) is 4.99 Å². The zero-order valence-electron chi connectivity index (χ0n) is 16.1. The molecule has 3 aromatic rings. The third-order valence-electron chi connectivity index (χ3n) is 5.40. The predicted molar refractivity (Wildman–Crippen MR) is 109 cm³/mol. The SMILES string of the molecule is CC(C)C(C)(c1ccc(-c2cnc(N)nc2)cc1)c1noc(C2=CCC=N2)n1. The van der Waals surface area contributed by atoms with Crippen molar-refractivity contribution >= 4 is 17.9 Å². The van der Waals surface area contributed by atoms with Gasteiger partial charge in [0, 0.05) is 30.6 Å². The Morgan fingerprint density at radius 2 is 1.79 bits per heavy atom. The molecule has 0 aliphatic carbocycles. The van der Waals surface area contributed by atoms with Crippen molar-refractivity contribution in [1.29, 1.82) is 0 Å². The van der Waals surface area contributed by atoms with Crippen LogP contribution in [-0.4, -0.2) is 26.3 Å². The Labute approximate surface area is 163 Å². The summed E-state index contributed by atoms with van der Waals surface area (Å²) < 4.78 is 5.50. The summed E-state index contributed by atoms with van der Waals surface area (Å²) in [6.45, 7) is 6.45. The molecule has 1 unspecified atom stereocenters. The largest absolute Gasteiger partial charge is 0.368 e. The van der Waals surface area contributed by atoms with Gasteiger partial charge in [0.15, 0.2) is 5.82 Å². The monoisotopic (exact) mass is 374 g/mol. The Balaban J connectivity index is 1.69. The van der Waals surface area contributed by atoms with E-state index in [1.807, 2.05) is 12.3 Å². The predicted octanol–water partition coefficient (Wildman–Crippen LogP) is 3.89. The summed E-state index contributed by atoms with van der Waals surface area (Å²) in [6.07, 6.45) is 8.05. The maximum atomic E-state index is 5.57.